The first-order chi connectivity index (χ1) is 25.9. The Bertz CT molecular complexity index is 1460. The molecule has 1 rings (SSSR count). The van der Waals surface area contributed by atoms with Gasteiger partial charge in [-0.05, 0) is 44.4 Å². The SMILES string of the molecule is CC(=O)N[C@@H](CO)C(=O)N[C@@H](Cc1cnc[nH]1)C(=O)N[C@@H](CC(C)C)C(=O)NCC(=O)N[C@@H](CC(C)C)C(=O)N[C@@H](C)C(=O)N[C@H](C=O)CCCN=C(N)N. The van der Waals surface area contributed by atoms with Gasteiger partial charge in [0.15, 0.2) is 5.96 Å². The normalized spacial score (nSPS) is 14.2. The molecule has 0 radical (unpaired) electrons. The molecular formula is C34H58N12O9. The third-order valence-electron chi connectivity index (χ3n) is 7.82. The second kappa shape index (κ2) is 24.7. The van der Waals surface area contributed by atoms with Crippen molar-refractivity contribution in [2.75, 3.05) is 19.7 Å². The first kappa shape index (κ1) is 47.4. The van der Waals surface area contributed by atoms with Crippen LogP contribution in [0.4, 0.5) is 0 Å². The van der Waals surface area contributed by atoms with Crippen LogP contribution in [0.3, 0.4) is 0 Å². The highest BCUT2D eigenvalue weighted by atomic mass is 16.3. The van der Waals surface area contributed by atoms with Crippen LogP contribution in [-0.2, 0) is 44.8 Å². The number of carbonyl (C=O) groups is 8. The monoisotopic (exact) mass is 778 g/mol. The van der Waals surface area contributed by atoms with Crippen molar-refractivity contribution in [3.8, 4) is 0 Å². The quantitative estimate of drug-likeness (QED) is 0.0198. The van der Waals surface area contributed by atoms with Gasteiger partial charge >= 0.3 is 0 Å². The fourth-order valence-electron chi connectivity index (χ4n) is 5.13. The number of aldehydes is 1. The lowest BCUT2D eigenvalue weighted by molar-refractivity contribution is -0.134. The summed E-state index contributed by atoms with van der Waals surface area (Å²) in [5.41, 5.74) is 11.0. The number of amides is 7. The van der Waals surface area contributed by atoms with E-state index in [9.17, 15) is 43.5 Å². The van der Waals surface area contributed by atoms with Crippen LogP contribution in [0.1, 0.15) is 72.9 Å². The van der Waals surface area contributed by atoms with Crippen molar-refractivity contribution in [2.24, 2.45) is 28.3 Å². The summed E-state index contributed by atoms with van der Waals surface area (Å²) >= 11 is 0. The number of hydrogen-bond donors (Lipinski definition) is 11. The highest BCUT2D eigenvalue weighted by molar-refractivity contribution is 5.96. The Balaban J connectivity index is 2.95. The summed E-state index contributed by atoms with van der Waals surface area (Å²) in [7, 11) is 0. The molecule has 0 saturated heterocycles. The van der Waals surface area contributed by atoms with Crippen LogP contribution in [-0.4, -0.2) is 125 Å². The van der Waals surface area contributed by atoms with E-state index in [0.29, 0.717) is 18.4 Å². The highest BCUT2D eigenvalue weighted by Gasteiger charge is 2.31. The minimum Gasteiger partial charge on any atom is -0.394 e. The van der Waals surface area contributed by atoms with Gasteiger partial charge in [0.25, 0.3) is 0 Å². The molecule has 1 heterocycles. The molecule has 0 aromatic carbocycles. The van der Waals surface area contributed by atoms with E-state index in [1.54, 1.807) is 0 Å². The summed E-state index contributed by atoms with van der Waals surface area (Å²) in [5.74, 6) is -5.16. The third kappa shape index (κ3) is 19.3. The van der Waals surface area contributed by atoms with Crippen molar-refractivity contribution in [3.05, 3.63) is 18.2 Å². The van der Waals surface area contributed by atoms with Crippen LogP contribution in [0.15, 0.2) is 17.5 Å². The summed E-state index contributed by atoms with van der Waals surface area (Å²) in [6.07, 6.45) is 4.32. The number of aromatic nitrogens is 2. The van der Waals surface area contributed by atoms with Crippen molar-refractivity contribution in [3.63, 3.8) is 0 Å². The molecule has 55 heavy (non-hydrogen) atoms. The average molecular weight is 779 g/mol. The number of aliphatic imine (C=N–C) groups is 1. The lowest BCUT2D eigenvalue weighted by Gasteiger charge is -2.25. The number of H-pyrrole nitrogens is 1. The van der Waals surface area contributed by atoms with Gasteiger partial charge in [-0.1, -0.05) is 27.7 Å². The topological polar surface area (TPSA) is 334 Å². The number of guanidine groups is 1. The maximum absolute atomic E-state index is 13.5. The first-order valence-corrected chi connectivity index (χ1v) is 18.0. The van der Waals surface area contributed by atoms with Gasteiger partial charge in [-0.2, -0.15) is 0 Å². The zero-order valence-corrected chi connectivity index (χ0v) is 32.3. The minimum atomic E-state index is -1.33. The molecule has 7 amide bonds. The number of aromatic amines is 1. The fourth-order valence-corrected chi connectivity index (χ4v) is 5.13. The molecule has 0 aliphatic carbocycles. The highest BCUT2D eigenvalue weighted by Crippen LogP contribution is 2.09. The molecule has 0 spiro atoms. The lowest BCUT2D eigenvalue weighted by atomic mass is 10.0. The standard InChI is InChI=1S/C34H58N12O9/c1-18(2)10-24(45-32(54)26(12-23-13-37-17-40-23)46-33(55)27(16-48)42-21(6)49)30(52)39-14-28(50)44-25(11-19(3)4)31(53)41-20(5)29(51)43-22(15-47)8-7-9-38-34(35)36/h13,15,17-20,22,24-27,48H,7-12,14,16H2,1-6H3,(H,37,40)(H,39,52)(H,41,53)(H,42,49)(H,43,51)(H,44,50)(H,45,54)(H,46,55)(H4,35,36,38)/t20-,22-,24-,25-,26-,27-/m0/s1. The van der Waals surface area contributed by atoms with Gasteiger partial charge in [0.05, 0.1) is 25.5 Å². The van der Waals surface area contributed by atoms with E-state index in [1.807, 2.05) is 27.7 Å². The maximum atomic E-state index is 13.5. The molecular weight excluding hydrogens is 720 g/mol. The van der Waals surface area contributed by atoms with Gasteiger partial charge in [0, 0.05) is 31.8 Å². The molecule has 0 saturated carbocycles. The Kier molecular flexibility index (Phi) is 21.3. The van der Waals surface area contributed by atoms with E-state index >= 15 is 0 Å². The zero-order chi connectivity index (χ0) is 41.7. The number of carbonyl (C=O) groups excluding carboxylic acids is 8. The summed E-state index contributed by atoms with van der Waals surface area (Å²) in [6.45, 7) is 8.83. The van der Waals surface area contributed by atoms with Crippen LogP contribution in [0, 0.1) is 11.8 Å². The van der Waals surface area contributed by atoms with E-state index in [0.717, 1.165) is 6.92 Å². The van der Waals surface area contributed by atoms with Crippen LogP contribution in [0.5, 0.6) is 0 Å². The maximum Gasteiger partial charge on any atom is 0.245 e. The van der Waals surface area contributed by atoms with Crippen LogP contribution >= 0.6 is 0 Å². The van der Waals surface area contributed by atoms with Gasteiger partial charge in [0.1, 0.15) is 36.5 Å². The number of nitrogens with zero attached hydrogens (tertiary/aromatic N) is 2. The Morgan fingerprint density at radius 3 is 1.91 bits per heavy atom. The number of nitrogens with one attached hydrogen (secondary N) is 8. The number of imidazole rings is 1. The second-order valence-corrected chi connectivity index (χ2v) is 13.9. The number of nitrogens with two attached hydrogens (primary N) is 2. The molecule has 0 aliphatic heterocycles. The van der Waals surface area contributed by atoms with Crippen molar-refractivity contribution in [1.29, 1.82) is 0 Å². The molecule has 13 N–H and O–H groups in total. The number of aliphatic hydroxyl groups is 1. The molecule has 1 aromatic heterocycles. The minimum absolute atomic E-state index is 0.0637. The molecule has 21 nitrogen and oxygen atoms in total. The third-order valence-corrected chi connectivity index (χ3v) is 7.82. The number of hydrogen-bond acceptors (Lipinski definition) is 11. The Morgan fingerprint density at radius 1 is 0.800 bits per heavy atom. The van der Waals surface area contributed by atoms with E-state index < -0.39 is 90.8 Å². The fraction of sp³-hybridized carbons (Fsp3) is 0.647. The van der Waals surface area contributed by atoms with Crippen molar-refractivity contribution in [1.82, 2.24) is 47.2 Å². The van der Waals surface area contributed by atoms with E-state index in [1.165, 1.54) is 19.4 Å². The molecule has 0 fully saturated rings. The number of aliphatic hydroxyl groups excluding tert-OH is 1. The summed E-state index contributed by atoms with van der Waals surface area (Å²) in [6, 6.07) is -6.74. The van der Waals surface area contributed by atoms with Crippen LogP contribution in [0.2, 0.25) is 0 Å². The van der Waals surface area contributed by atoms with Gasteiger partial charge in [0.2, 0.25) is 41.4 Å². The van der Waals surface area contributed by atoms with Crippen molar-refractivity contribution in [2.45, 2.75) is 110 Å². The van der Waals surface area contributed by atoms with Crippen molar-refractivity contribution >= 4 is 53.6 Å². The molecule has 21 heteroatoms. The second-order valence-electron chi connectivity index (χ2n) is 13.9. The van der Waals surface area contributed by atoms with Crippen LogP contribution < -0.4 is 48.7 Å². The molecule has 0 unspecified atom stereocenters. The largest absolute Gasteiger partial charge is 0.394 e. The summed E-state index contributed by atoms with van der Waals surface area (Å²) < 4.78 is 0. The first-order valence-electron chi connectivity index (χ1n) is 18.0. The Morgan fingerprint density at radius 2 is 1.38 bits per heavy atom. The molecule has 308 valence electrons. The summed E-state index contributed by atoms with van der Waals surface area (Å²) in [5, 5.41) is 27.2. The van der Waals surface area contributed by atoms with Gasteiger partial charge < -0.3 is 63.6 Å². The average Bonchev–Trinajstić information content (AvgIpc) is 3.62. The van der Waals surface area contributed by atoms with Crippen LogP contribution in [0.25, 0.3) is 0 Å². The molecule has 1 aromatic rings. The van der Waals surface area contributed by atoms with E-state index in [2.05, 4.69) is 52.2 Å². The predicted octanol–water partition coefficient (Wildman–Crippen LogP) is -3.65. The summed E-state index contributed by atoms with van der Waals surface area (Å²) in [4.78, 5) is 112. The van der Waals surface area contributed by atoms with Gasteiger partial charge in [-0.15, -0.1) is 0 Å². The molecule has 6 atom stereocenters. The predicted molar refractivity (Wildman–Crippen MR) is 200 cm³/mol. The van der Waals surface area contributed by atoms with Gasteiger partial charge in [-0.25, -0.2) is 4.98 Å². The van der Waals surface area contributed by atoms with Crippen molar-refractivity contribution < 1.29 is 43.5 Å². The van der Waals surface area contributed by atoms with E-state index in [4.69, 9.17) is 11.5 Å². The van der Waals surface area contributed by atoms with Gasteiger partial charge in [-0.3, -0.25) is 38.6 Å². The number of rotatable bonds is 25. The lowest BCUT2D eigenvalue weighted by Crippen LogP contribution is -2.58. The smallest absolute Gasteiger partial charge is 0.245 e. The Hall–Kier alpha value is -5.60. The molecule has 0 bridgehead atoms. The molecule has 0 aliphatic rings. The Labute approximate surface area is 320 Å². The zero-order valence-electron chi connectivity index (χ0n) is 32.3. The van der Waals surface area contributed by atoms with E-state index in [-0.39, 0.29) is 50.0 Å².